The fourth-order valence-corrected chi connectivity index (χ4v) is 4.52. The van der Waals surface area contributed by atoms with Crippen LogP contribution >= 0.6 is 34.3 Å². The highest BCUT2D eigenvalue weighted by Gasteiger charge is 2.24. The number of nitrogens with zero attached hydrogens (tertiary/aromatic N) is 1. The molecule has 1 aliphatic carbocycles. The molecule has 0 bridgehead atoms. The lowest BCUT2D eigenvalue weighted by Gasteiger charge is -2.11. The van der Waals surface area contributed by atoms with Crippen LogP contribution in [0.2, 0.25) is 4.34 Å². The summed E-state index contributed by atoms with van der Waals surface area (Å²) in [5.74, 6) is 0. The van der Waals surface area contributed by atoms with Crippen LogP contribution in [-0.2, 0) is 19.4 Å². The molecule has 0 aliphatic heterocycles. The Morgan fingerprint density at radius 3 is 3.17 bits per heavy atom. The molecule has 1 aliphatic rings. The molecule has 0 amide bonds. The van der Waals surface area contributed by atoms with Gasteiger partial charge in [-0.2, -0.15) is 0 Å². The number of nitrogens with one attached hydrogen (secondary N) is 1. The summed E-state index contributed by atoms with van der Waals surface area (Å²) in [5.41, 5.74) is 1.40. The maximum atomic E-state index is 6.06. The van der Waals surface area contributed by atoms with Crippen molar-refractivity contribution >= 4 is 34.3 Å². The number of thiazole rings is 1. The Balaban J connectivity index is 1.64. The first-order chi connectivity index (χ1) is 8.76. The topological polar surface area (TPSA) is 24.9 Å². The fraction of sp³-hybridized carbons (Fsp3) is 0.462. The number of rotatable bonds is 4. The Hall–Kier alpha value is -0.420. The van der Waals surface area contributed by atoms with Gasteiger partial charge in [0.1, 0.15) is 5.01 Å². The fourth-order valence-electron chi connectivity index (χ4n) is 2.35. The Morgan fingerprint density at radius 2 is 2.39 bits per heavy atom. The number of halogens is 1. The quantitative estimate of drug-likeness (QED) is 0.915. The molecule has 1 atom stereocenters. The zero-order valence-corrected chi connectivity index (χ0v) is 12.6. The molecule has 2 aromatic heterocycles. The molecule has 1 N–H and O–H groups in total. The van der Waals surface area contributed by atoms with E-state index in [9.17, 15) is 0 Å². The van der Waals surface area contributed by atoms with Gasteiger partial charge in [-0.3, -0.25) is 0 Å². The van der Waals surface area contributed by atoms with Crippen LogP contribution in [0.3, 0.4) is 0 Å². The molecule has 5 heteroatoms. The lowest BCUT2D eigenvalue weighted by Crippen LogP contribution is -2.18. The highest BCUT2D eigenvalue weighted by atomic mass is 35.5. The van der Waals surface area contributed by atoms with Gasteiger partial charge in [-0.05, 0) is 30.9 Å². The molecular weight excluding hydrogens is 284 g/mol. The number of fused-ring (bicyclic) bond motifs is 1. The van der Waals surface area contributed by atoms with Crippen LogP contribution in [0.5, 0.6) is 0 Å². The third-order valence-corrected chi connectivity index (χ3v) is 5.78. The zero-order valence-electron chi connectivity index (χ0n) is 10.2. The molecule has 2 nitrogen and oxygen atoms in total. The maximum Gasteiger partial charge on any atom is 0.107 e. The summed E-state index contributed by atoms with van der Waals surface area (Å²) in [4.78, 5) is 7.25. The van der Waals surface area contributed by atoms with E-state index >= 15 is 0 Å². The predicted molar refractivity (Wildman–Crippen MR) is 78.7 cm³/mol. The van der Waals surface area contributed by atoms with E-state index in [2.05, 4.69) is 23.3 Å². The number of hydrogen-bond donors (Lipinski definition) is 1. The summed E-state index contributed by atoms with van der Waals surface area (Å²) in [7, 11) is 0. The molecule has 0 spiro atoms. The minimum absolute atomic E-state index is 0.456. The highest BCUT2D eigenvalue weighted by Crippen LogP contribution is 2.39. The van der Waals surface area contributed by atoms with Crippen LogP contribution in [0.15, 0.2) is 12.3 Å². The van der Waals surface area contributed by atoms with E-state index in [1.54, 1.807) is 22.7 Å². The highest BCUT2D eigenvalue weighted by molar-refractivity contribution is 7.16. The van der Waals surface area contributed by atoms with Crippen molar-refractivity contribution in [2.45, 2.75) is 38.8 Å². The third kappa shape index (κ3) is 2.48. The normalized spacial score (nSPS) is 18.2. The summed E-state index contributed by atoms with van der Waals surface area (Å²) in [6.07, 6.45) is 5.40. The van der Waals surface area contributed by atoms with Crippen molar-refractivity contribution in [1.82, 2.24) is 10.3 Å². The monoisotopic (exact) mass is 298 g/mol. The van der Waals surface area contributed by atoms with Gasteiger partial charge in [0, 0.05) is 28.5 Å². The first-order valence-electron chi connectivity index (χ1n) is 6.21. The largest absolute Gasteiger partial charge is 0.303 e. The van der Waals surface area contributed by atoms with Gasteiger partial charge in [0.2, 0.25) is 0 Å². The van der Waals surface area contributed by atoms with Gasteiger partial charge in [0.15, 0.2) is 0 Å². The van der Waals surface area contributed by atoms with Crippen molar-refractivity contribution < 1.29 is 0 Å². The zero-order chi connectivity index (χ0) is 12.5. The van der Waals surface area contributed by atoms with Gasteiger partial charge in [-0.15, -0.1) is 22.7 Å². The van der Waals surface area contributed by atoms with Gasteiger partial charge in [0.05, 0.1) is 4.34 Å². The lowest BCUT2D eigenvalue weighted by molar-refractivity contribution is 0.529. The molecule has 2 aromatic rings. The molecule has 1 unspecified atom stereocenters. The standard InChI is InChI=1S/C13H15ClN2S2/c1-2-8-6-16-13(17-8)7-15-10-3-4-11-9(10)5-12(14)18-11/h5-6,10,15H,2-4,7H2,1H3. The number of hydrogen-bond acceptors (Lipinski definition) is 4. The Kier molecular flexibility index (Phi) is 3.71. The average molecular weight is 299 g/mol. The Bertz CT molecular complexity index is 547. The van der Waals surface area contributed by atoms with Crippen molar-refractivity contribution in [3.05, 3.63) is 36.9 Å². The van der Waals surface area contributed by atoms with E-state index in [0.29, 0.717) is 6.04 Å². The Labute approximate surface area is 120 Å². The predicted octanol–water partition coefficient (Wildman–Crippen LogP) is 4.20. The number of aromatic nitrogens is 1. The van der Waals surface area contributed by atoms with Crippen LogP contribution < -0.4 is 5.32 Å². The van der Waals surface area contributed by atoms with Crippen LogP contribution in [0.4, 0.5) is 0 Å². The lowest BCUT2D eigenvalue weighted by atomic mass is 10.2. The van der Waals surface area contributed by atoms with Crippen molar-refractivity contribution in [3.63, 3.8) is 0 Å². The molecular formula is C13H15ClN2S2. The van der Waals surface area contributed by atoms with E-state index < -0.39 is 0 Å². The molecule has 2 heterocycles. The second kappa shape index (κ2) is 5.29. The van der Waals surface area contributed by atoms with E-state index in [-0.39, 0.29) is 0 Å². The minimum atomic E-state index is 0.456. The average Bonchev–Trinajstić information content (AvgIpc) is 3.02. The van der Waals surface area contributed by atoms with Crippen molar-refractivity contribution in [2.75, 3.05) is 0 Å². The maximum absolute atomic E-state index is 6.06. The molecule has 0 radical (unpaired) electrons. The third-order valence-electron chi connectivity index (χ3n) is 3.30. The SMILES string of the molecule is CCc1cnc(CNC2CCc3sc(Cl)cc32)s1. The van der Waals surface area contributed by atoms with Crippen molar-refractivity contribution in [2.24, 2.45) is 0 Å². The smallest absolute Gasteiger partial charge is 0.107 e. The second-order valence-corrected chi connectivity index (χ2v) is 7.44. The van der Waals surface area contributed by atoms with Crippen LogP contribution in [-0.4, -0.2) is 4.98 Å². The van der Waals surface area contributed by atoms with Crippen LogP contribution in [0.25, 0.3) is 0 Å². The van der Waals surface area contributed by atoms with E-state index in [0.717, 1.165) is 23.7 Å². The molecule has 18 heavy (non-hydrogen) atoms. The van der Waals surface area contributed by atoms with Crippen LogP contribution in [0.1, 0.15) is 39.7 Å². The van der Waals surface area contributed by atoms with Gasteiger partial charge >= 0.3 is 0 Å². The van der Waals surface area contributed by atoms with Crippen molar-refractivity contribution in [3.8, 4) is 0 Å². The summed E-state index contributed by atoms with van der Waals surface area (Å²) in [6.45, 7) is 3.03. The summed E-state index contributed by atoms with van der Waals surface area (Å²) < 4.78 is 0.911. The van der Waals surface area contributed by atoms with E-state index in [1.807, 2.05) is 6.20 Å². The van der Waals surface area contributed by atoms with Gasteiger partial charge < -0.3 is 5.32 Å². The van der Waals surface area contributed by atoms with Gasteiger partial charge in [0.25, 0.3) is 0 Å². The summed E-state index contributed by atoms with van der Waals surface area (Å²) >= 11 is 9.59. The van der Waals surface area contributed by atoms with Crippen LogP contribution in [0, 0.1) is 0 Å². The molecule has 3 rings (SSSR count). The number of thiophene rings is 1. The molecule has 96 valence electrons. The molecule has 0 saturated carbocycles. The van der Waals surface area contributed by atoms with Crippen molar-refractivity contribution in [1.29, 1.82) is 0 Å². The molecule has 0 saturated heterocycles. The first kappa shape index (κ1) is 12.6. The summed E-state index contributed by atoms with van der Waals surface area (Å²) in [6, 6.07) is 2.57. The molecule has 0 aromatic carbocycles. The van der Waals surface area contributed by atoms with E-state index in [4.69, 9.17) is 11.6 Å². The first-order valence-corrected chi connectivity index (χ1v) is 8.22. The Morgan fingerprint density at radius 1 is 1.50 bits per heavy atom. The summed E-state index contributed by atoms with van der Waals surface area (Å²) in [5, 5.41) is 4.78. The van der Waals surface area contributed by atoms with Gasteiger partial charge in [-0.25, -0.2) is 4.98 Å². The molecule has 0 fully saturated rings. The minimum Gasteiger partial charge on any atom is -0.303 e. The second-order valence-electron chi connectivity index (χ2n) is 4.48. The number of aryl methyl sites for hydroxylation is 2. The van der Waals surface area contributed by atoms with E-state index in [1.165, 1.54) is 26.7 Å². The van der Waals surface area contributed by atoms with Gasteiger partial charge in [-0.1, -0.05) is 18.5 Å².